The molecule has 1 aliphatic rings. The predicted octanol–water partition coefficient (Wildman–Crippen LogP) is 3.95. The highest BCUT2D eigenvalue weighted by Crippen LogP contribution is 2.28. The zero-order valence-corrected chi connectivity index (χ0v) is 17.0. The highest BCUT2D eigenvalue weighted by Gasteiger charge is 2.35. The van der Waals surface area contributed by atoms with Gasteiger partial charge in [0.2, 0.25) is 5.82 Å². The van der Waals surface area contributed by atoms with Crippen molar-refractivity contribution in [3.63, 3.8) is 0 Å². The summed E-state index contributed by atoms with van der Waals surface area (Å²) in [5.74, 6) is -1.59. The summed E-state index contributed by atoms with van der Waals surface area (Å²) in [7, 11) is 0. The normalized spacial score (nSPS) is 18.4. The van der Waals surface area contributed by atoms with Crippen LogP contribution in [0.4, 0.5) is 17.6 Å². The third-order valence-electron chi connectivity index (χ3n) is 5.49. The Morgan fingerprint density at radius 2 is 1.94 bits per heavy atom. The second-order valence-corrected chi connectivity index (χ2v) is 7.67. The molecule has 2 atom stereocenters. The van der Waals surface area contributed by atoms with E-state index in [1.165, 1.54) is 0 Å². The van der Waals surface area contributed by atoms with E-state index in [0.29, 0.717) is 41.4 Å². The number of alkyl halides is 4. The summed E-state index contributed by atoms with van der Waals surface area (Å²) in [5, 5.41) is 3.52. The van der Waals surface area contributed by atoms with E-state index in [0.717, 1.165) is 12.4 Å². The number of piperidine rings is 1. The number of benzene rings is 1. The number of hydrogen-bond acceptors (Lipinski definition) is 5. The Bertz CT molecular complexity index is 1080. The Labute approximate surface area is 181 Å². The lowest BCUT2D eigenvalue weighted by molar-refractivity contribution is -0.145. The van der Waals surface area contributed by atoms with Gasteiger partial charge in [-0.1, -0.05) is 12.1 Å². The number of carbonyl (C=O) groups excluding carboxylic acids is 1. The molecule has 0 aliphatic carbocycles. The fraction of sp³-hybridized carbons (Fsp3) is 0.364. The third-order valence-corrected chi connectivity index (χ3v) is 5.49. The van der Waals surface area contributed by atoms with Crippen LogP contribution in [0.15, 0.2) is 48.9 Å². The topological polar surface area (TPSA) is 71.0 Å². The number of pyridine rings is 1. The molecule has 1 fully saturated rings. The van der Waals surface area contributed by atoms with Crippen molar-refractivity contribution < 1.29 is 22.4 Å². The number of hydrogen-bond donors (Lipinski definition) is 1. The first-order chi connectivity index (χ1) is 15.3. The fourth-order valence-electron chi connectivity index (χ4n) is 3.94. The number of nitrogens with one attached hydrogen (secondary N) is 1. The van der Waals surface area contributed by atoms with Gasteiger partial charge in [0.25, 0.3) is 5.91 Å². The van der Waals surface area contributed by atoms with E-state index in [1.54, 1.807) is 36.5 Å². The molecule has 32 heavy (non-hydrogen) atoms. The molecule has 2 aromatic heterocycles. The van der Waals surface area contributed by atoms with Crippen LogP contribution >= 0.6 is 0 Å². The number of nitrogens with zero attached hydrogens (tertiary/aromatic N) is 4. The molecule has 2 unspecified atom stereocenters. The van der Waals surface area contributed by atoms with E-state index in [9.17, 15) is 22.4 Å². The van der Waals surface area contributed by atoms with Crippen LogP contribution < -0.4 is 5.32 Å². The van der Waals surface area contributed by atoms with Gasteiger partial charge in [-0.25, -0.2) is 14.4 Å². The van der Waals surface area contributed by atoms with Crippen molar-refractivity contribution in [3.8, 4) is 0 Å². The highest BCUT2D eigenvalue weighted by molar-refractivity contribution is 6.06. The summed E-state index contributed by atoms with van der Waals surface area (Å²) in [6.07, 6.45) is -0.827. The van der Waals surface area contributed by atoms with Crippen LogP contribution in [-0.2, 0) is 6.18 Å². The number of rotatable bonds is 5. The molecule has 1 aliphatic heterocycles. The lowest BCUT2D eigenvalue weighted by Crippen LogP contribution is -2.44. The monoisotopic (exact) mass is 447 g/mol. The lowest BCUT2D eigenvalue weighted by Gasteiger charge is -2.36. The van der Waals surface area contributed by atoms with E-state index < -0.39 is 24.2 Å². The summed E-state index contributed by atoms with van der Waals surface area (Å²) in [6.45, 7) is 0.747. The van der Waals surface area contributed by atoms with Gasteiger partial charge in [-0.3, -0.25) is 14.7 Å². The zero-order valence-electron chi connectivity index (χ0n) is 17.0. The van der Waals surface area contributed by atoms with Crippen LogP contribution in [0.25, 0.3) is 10.9 Å². The van der Waals surface area contributed by atoms with Crippen molar-refractivity contribution in [2.75, 3.05) is 19.6 Å². The molecule has 0 spiro atoms. The van der Waals surface area contributed by atoms with Gasteiger partial charge in [-0.15, -0.1) is 0 Å². The first-order valence-corrected chi connectivity index (χ1v) is 10.2. The summed E-state index contributed by atoms with van der Waals surface area (Å²) < 4.78 is 52.6. The van der Waals surface area contributed by atoms with Crippen LogP contribution in [0.1, 0.15) is 40.6 Å². The Morgan fingerprint density at radius 3 is 2.66 bits per heavy atom. The second-order valence-electron chi connectivity index (χ2n) is 7.67. The number of carbonyl (C=O) groups is 1. The standard InChI is InChI=1S/C22H21F4N5O/c23-15-4-3-9-31(13-15)19(14-10-29-21(30-11-14)22(24,25)26)12-28-20(32)17-5-1-7-18-16(17)6-2-8-27-18/h1-2,5-8,10-11,15,19H,3-4,9,12-13H2,(H,28,32). The average Bonchev–Trinajstić information content (AvgIpc) is 2.78. The van der Waals surface area contributed by atoms with Gasteiger partial charge in [0.15, 0.2) is 0 Å². The maximum Gasteiger partial charge on any atom is 0.451 e. The van der Waals surface area contributed by atoms with Gasteiger partial charge >= 0.3 is 6.18 Å². The van der Waals surface area contributed by atoms with E-state index in [-0.39, 0.29) is 19.0 Å². The fourth-order valence-corrected chi connectivity index (χ4v) is 3.94. The summed E-state index contributed by atoms with van der Waals surface area (Å²) >= 11 is 0. The smallest absolute Gasteiger partial charge is 0.350 e. The molecule has 0 bridgehead atoms. The first-order valence-electron chi connectivity index (χ1n) is 10.2. The van der Waals surface area contributed by atoms with Gasteiger partial charge in [0.05, 0.1) is 11.6 Å². The average molecular weight is 447 g/mol. The maximum atomic E-state index is 14.1. The SMILES string of the molecule is O=C(NCC(c1cnc(C(F)(F)F)nc1)N1CCCC(F)C1)c1cccc2ncccc12. The van der Waals surface area contributed by atoms with Gasteiger partial charge < -0.3 is 5.32 Å². The van der Waals surface area contributed by atoms with Crippen LogP contribution in [0.5, 0.6) is 0 Å². The molecule has 4 rings (SSSR count). The Balaban J connectivity index is 1.57. The van der Waals surface area contributed by atoms with Crippen molar-refractivity contribution >= 4 is 16.8 Å². The minimum absolute atomic E-state index is 0.0664. The quantitative estimate of drug-likeness (QED) is 0.600. The van der Waals surface area contributed by atoms with Crippen molar-refractivity contribution in [3.05, 3.63) is 65.9 Å². The second kappa shape index (κ2) is 9.15. The largest absolute Gasteiger partial charge is 0.451 e. The zero-order chi connectivity index (χ0) is 22.7. The highest BCUT2D eigenvalue weighted by atomic mass is 19.4. The molecule has 3 heterocycles. The van der Waals surface area contributed by atoms with Gasteiger partial charge in [0, 0.05) is 48.2 Å². The molecule has 1 saturated heterocycles. The van der Waals surface area contributed by atoms with Gasteiger partial charge in [0.1, 0.15) is 6.17 Å². The molecule has 0 radical (unpaired) electrons. The summed E-state index contributed by atoms with van der Waals surface area (Å²) in [5.41, 5.74) is 1.48. The first kappa shape index (κ1) is 22.1. The maximum absolute atomic E-state index is 14.1. The summed E-state index contributed by atoms with van der Waals surface area (Å²) in [6, 6.07) is 8.15. The Morgan fingerprint density at radius 1 is 1.16 bits per heavy atom. The number of halogens is 4. The van der Waals surface area contributed by atoms with Crippen molar-refractivity contribution in [1.82, 2.24) is 25.2 Å². The molecule has 6 nitrogen and oxygen atoms in total. The molecule has 3 aromatic rings. The molecule has 1 amide bonds. The van der Waals surface area contributed by atoms with E-state index in [2.05, 4.69) is 20.3 Å². The number of likely N-dealkylation sites (tertiary alicyclic amines) is 1. The van der Waals surface area contributed by atoms with Crippen LogP contribution in [0, 0.1) is 0 Å². The van der Waals surface area contributed by atoms with Crippen molar-refractivity contribution in [1.29, 1.82) is 0 Å². The summed E-state index contributed by atoms with van der Waals surface area (Å²) in [4.78, 5) is 25.8. The molecular formula is C22H21F4N5O. The molecule has 10 heteroatoms. The number of fused-ring (bicyclic) bond motifs is 1. The van der Waals surface area contributed by atoms with Crippen molar-refractivity contribution in [2.24, 2.45) is 0 Å². The number of aromatic nitrogens is 3. The van der Waals surface area contributed by atoms with E-state index in [1.807, 2.05) is 4.90 Å². The molecule has 1 aromatic carbocycles. The van der Waals surface area contributed by atoms with E-state index in [4.69, 9.17) is 0 Å². The predicted molar refractivity (Wildman–Crippen MR) is 110 cm³/mol. The Kier molecular flexibility index (Phi) is 6.31. The van der Waals surface area contributed by atoms with Gasteiger partial charge in [-0.2, -0.15) is 13.2 Å². The molecular weight excluding hydrogens is 426 g/mol. The molecule has 0 saturated carbocycles. The van der Waals surface area contributed by atoms with Crippen LogP contribution in [-0.4, -0.2) is 51.6 Å². The Hall–Kier alpha value is -3.14. The van der Waals surface area contributed by atoms with E-state index >= 15 is 0 Å². The van der Waals surface area contributed by atoms with Crippen molar-refractivity contribution in [2.45, 2.75) is 31.2 Å². The molecule has 1 N–H and O–H groups in total. The minimum Gasteiger partial charge on any atom is -0.350 e. The van der Waals surface area contributed by atoms with Gasteiger partial charge in [-0.05, 0) is 37.6 Å². The third kappa shape index (κ3) is 4.85. The van der Waals surface area contributed by atoms with Crippen LogP contribution in [0.3, 0.4) is 0 Å². The van der Waals surface area contributed by atoms with Crippen LogP contribution in [0.2, 0.25) is 0 Å². The molecule has 168 valence electrons. The minimum atomic E-state index is -4.65. The lowest BCUT2D eigenvalue weighted by atomic mass is 10.0. The number of amides is 1.